The Bertz CT molecular complexity index is 3260. The van der Waals surface area contributed by atoms with E-state index in [-0.39, 0.29) is 0 Å². The maximum Gasteiger partial charge on any atom is 0.171 e. The Morgan fingerprint density at radius 1 is 0.382 bits per heavy atom. The average Bonchev–Trinajstić information content (AvgIpc) is 3.66. The highest BCUT2D eigenvalue weighted by molar-refractivity contribution is 7.85. The summed E-state index contributed by atoms with van der Waals surface area (Å²) in [7, 11) is -3.07. The van der Waals surface area contributed by atoms with Crippen LogP contribution in [0.1, 0.15) is 0 Å². The Kier molecular flexibility index (Phi) is 7.35. The quantitative estimate of drug-likeness (QED) is 0.130. The minimum atomic E-state index is -3.07. The standard InChI is InChI=1S/C51H32NOPS/c53-54(36-13-3-1-4-14-36,37-15-5-2-6-16-37)38-27-23-33(24-28-38)34-25-30-44-47(32-34)52-50(49-45-21-11-12-22-48(45)55-51(44)49)35-26-29-43-41-19-8-7-17-39(41)40-18-9-10-20-42(40)46(43)31-35/h1-32H. The van der Waals surface area contributed by atoms with Crippen LogP contribution in [0.4, 0.5) is 0 Å². The van der Waals surface area contributed by atoms with Gasteiger partial charge in [-0.15, -0.1) is 11.3 Å². The van der Waals surface area contributed by atoms with Crippen LogP contribution in [-0.2, 0) is 4.57 Å². The molecule has 9 aromatic carbocycles. The fourth-order valence-corrected chi connectivity index (χ4v) is 12.4. The van der Waals surface area contributed by atoms with E-state index >= 15 is 4.57 Å². The molecule has 2 nitrogen and oxygen atoms in total. The first-order valence-corrected chi connectivity index (χ1v) is 21.1. The van der Waals surface area contributed by atoms with Crippen LogP contribution in [0.15, 0.2) is 194 Å². The number of pyridine rings is 1. The minimum Gasteiger partial charge on any atom is -0.309 e. The normalized spacial score (nSPS) is 12.1. The largest absolute Gasteiger partial charge is 0.309 e. The predicted molar refractivity (Wildman–Crippen MR) is 237 cm³/mol. The van der Waals surface area contributed by atoms with Crippen molar-refractivity contribution in [3.63, 3.8) is 0 Å². The molecule has 0 atom stereocenters. The molecule has 0 aliphatic carbocycles. The molecule has 2 heterocycles. The van der Waals surface area contributed by atoms with E-state index in [1.54, 1.807) is 0 Å². The second-order valence-corrected chi connectivity index (χ2v) is 18.0. The zero-order valence-electron chi connectivity index (χ0n) is 29.7. The summed E-state index contributed by atoms with van der Waals surface area (Å²) in [5, 5.41) is 13.6. The molecule has 0 spiro atoms. The molecule has 0 amide bonds. The molecule has 11 aromatic rings. The van der Waals surface area contributed by atoms with Gasteiger partial charge >= 0.3 is 0 Å². The van der Waals surface area contributed by atoms with E-state index < -0.39 is 7.14 Å². The Hall–Kier alpha value is -6.38. The molecule has 55 heavy (non-hydrogen) atoms. The lowest BCUT2D eigenvalue weighted by atomic mass is 9.92. The van der Waals surface area contributed by atoms with E-state index in [9.17, 15) is 0 Å². The van der Waals surface area contributed by atoms with Gasteiger partial charge in [0.2, 0.25) is 0 Å². The van der Waals surface area contributed by atoms with Crippen molar-refractivity contribution in [1.29, 1.82) is 0 Å². The molecule has 4 heteroatoms. The molecule has 0 saturated heterocycles. The van der Waals surface area contributed by atoms with E-state index in [2.05, 4.69) is 121 Å². The smallest absolute Gasteiger partial charge is 0.171 e. The lowest BCUT2D eigenvalue weighted by molar-refractivity contribution is 0.592. The predicted octanol–water partition coefficient (Wildman–Crippen LogP) is 13.0. The van der Waals surface area contributed by atoms with Gasteiger partial charge in [-0.3, -0.25) is 0 Å². The summed E-state index contributed by atoms with van der Waals surface area (Å²) in [4.78, 5) is 5.53. The van der Waals surface area contributed by atoms with Crippen molar-refractivity contribution in [3.05, 3.63) is 194 Å². The first-order valence-electron chi connectivity index (χ1n) is 18.6. The highest BCUT2D eigenvalue weighted by Crippen LogP contribution is 2.46. The van der Waals surface area contributed by atoms with Crippen LogP contribution in [0.3, 0.4) is 0 Å². The molecule has 0 aliphatic heterocycles. The zero-order chi connectivity index (χ0) is 36.5. The van der Waals surface area contributed by atoms with E-state index in [1.165, 1.54) is 52.5 Å². The lowest BCUT2D eigenvalue weighted by Crippen LogP contribution is -2.24. The van der Waals surface area contributed by atoms with Gasteiger partial charge in [0, 0.05) is 47.0 Å². The summed E-state index contributed by atoms with van der Waals surface area (Å²) in [6.07, 6.45) is 0. The molecular formula is C51H32NOPS. The third-order valence-electron chi connectivity index (χ3n) is 11.1. The third kappa shape index (κ3) is 5.01. The Morgan fingerprint density at radius 2 is 0.855 bits per heavy atom. The molecule has 0 radical (unpaired) electrons. The van der Waals surface area contributed by atoms with E-state index in [1.807, 2.05) is 84.1 Å². The van der Waals surface area contributed by atoms with Crippen LogP contribution in [0, 0.1) is 0 Å². The van der Waals surface area contributed by atoms with E-state index in [4.69, 9.17) is 4.98 Å². The van der Waals surface area contributed by atoms with Crippen LogP contribution in [0.25, 0.3) is 85.8 Å². The van der Waals surface area contributed by atoms with Gasteiger partial charge in [0.1, 0.15) is 0 Å². The van der Waals surface area contributed by atoms with Crippen molar-refractivity contribution in [3.8, 4) is 22.4 Å². The zero-order valence-corrected chi connectivity index (χ0v) is 31.4. The Labute approximate surface area is 322 Å². The number of thiophene rings is 1. The summed E-state index contributed by atoms with van der Waals surface area (Å²) in [6.45, 7) is 0. The number of nitrogens with zero attached hydrogens (tertiary/aromatic N) is 1. The van der Waals surface area contributed by atoms with Crippen molar-refractivity contribution >= 4 is 97.8 Å². The van der Waals surface area contributed by atoms with Crippen LogP contribution < -0.4 is 15.9 Å². The molecule has 0 unspecified atom stereocenters. The molecule has 258 valence electrons. The summed E-state index contributed by atoms with van der Waals surface area (Å²) in [5.41, 5.74) is 5.19. The molecule has 0 N–H and O–H groups in total. The van der Waals surface area contributed by atoms with Gasteiger partial charge < -0.3 is 4.57 Å². The second-order valence-electron chi connectivity index (χ2n) is 14.2. The van der Waals surface area contributed by atoms with Crippen molar-refractivity contribution in [2.24, 2.45) is 0 Å². The summed E-state index contributed by atoms with van der Waals surface area (Å²) in [6, 6.07) is 67.7. The molecule has 2 aromatic heterocycles. The molecule has 0 aliphatic rings. The lowest BCUT2D eigenvalue weighted by Gasteiger charge is -2.20. The molecule has 0 saturated carbocycles. The number of benzene rings is 9. The average molecular weight is 738 g/mol. The van der Waals surface area contributed by atoms with Gasteiger partial charge in [-0.05, 0) is 61.6 Å². The fraction of sp³-hybridized carbons (Fsp3) is 0. The van der Waals surface area contributed by atoms with Gasteiger partial charge in [0.15, 0.2) is 7.14 Å². The number of hydrogen-bond acceptors (Lipinski definition) is 3. The highest BCUT2D eigenvalue weighted by atomic mass is 32.1. The topological polar surface area (TPSA) is 30.0 Å². The number of rotatable bonds is 5. The minimum absolute atomic E-state index is 0.818. The Balaban J connectivity index is 1.10. The van der Waals surface area contributed by atoms with Crippen molar-refractivity contribution in [1.82, 2.24) is 4.98 Å². The second kappa shape index (κ2) is 12.6. The maximum atomic E-state index is 15.0. The summed E-state index contributed by atoms with van der Waals surface area (Å²) >= 11 is 1.84. The summed E-state index contributed by atoms with van der Waals surface area (Å²) in [5.74, 6) is 0. The SMILES string of the molecule is O=P(c1ccccc1)(c1ccccc1)c1ccc(-c2ccc3c(c2)nc(-c2ccc4c5ccccc5c5ccccc5c4c2)c2c4ccccc4sc32)cc1. The molecule has 11 rings (SSSR count). The van der Waals surface area contributed by atoms with Gasteiger partial charge in [-0.2, -0.15) is 0 Å². The molecule has 0 fully saturated rings. The number of hydrogen-bond donors (Lipinski definition) is 0. The molecule has 0 bridgehead atoms. The fourth-order valence-electron chi connectivity index (χ4n) is 8.49. The van der Waals surface area contributed by atoms with Crippen molar-refractivity contribution in [2.45, 2.75) is 0 Å². The molecular weight excluding hydrogens is 706 g/mol. The van der Waals surface area contributed by atoms with Crippen molar-refractivity contribution in [2.75, 3.05) is 0 Å². The monoisotopic (exact) mass is 737 g/mol. The van der Waals surface area contributed by atoms with Crippen LogP contribution in [0.5, 0.6) is 0 Å². The number of fused-ring (bicyclic) bond motifs is 11. The summed E-state index contributed by atoms with van der Waals surface area (Å²) < 4.78 is 17.5. The van der Waals surface area contributed by atoms with Crippen molar-refractivity contribution < 1.29 is 4.57 Å². The van der Waals surface area contributed by atoms with Gasteiger partial charge in [0.05, 0.1) is 11.2 Å². The third-order valence-corrected chi connectivity index (χ3v) is 15.4. The van der Waals surface area contributed by atoms with Gasteiger partial charge in [-0.25, -0.2) is 4.98 Å². The van der Waals surface area contributed by atoms with Crippen LogP contribution >= 0.6 is 18.5 Å². The van der Waals surface area contributed by atoms with E-state index in [0.29, 0.717) is 0 Å². The maximum absolute atomic E-state index is 15.0. The van der Waals surface area contributed by atoms with Crippen LogP contribution in [0.2, 0.25) is 0 Å². The highest BCUT2D eigenvalue weighted by Gasteiger charge is 2.29. The number of aromatic nitrogens is 1. The first-order chi connectivity index (χ1) is 27.1. The Morgan fingerprint density at radius 3 is 1.49 bits per heavy atom. The van der Waals surface area contributed by atoms with Crippen LogP contribution in [-0.4, -0.2) is 4.98 Å². The van der Waals surface area contributed by atoms with Gasteiger partial charge in [0.25, 0.3) is 0 Å². The van der Waals surface area contributed by atoms with E-state index in [0.717, 1.165) is 49.2 Å². The van der Waals surface area contributed by atoms with Gasteiger partial charge in [-0.1, -0.05) is 176 Å². The first kappa shape index (κ1) is 32.1.